The lowest BCUT2D eigenvalue weighted by molar-refractivity contribution is -0.119. The Morgan fingerprint density at radius 2 is 1.62 bits per heavy atom. The highest BCUT2D eigenvalue weighted by Crippen LogP contribution is 2.47. The van der Waals surface area contributed by atoms with Crippen LogP contribution in [0.4, 0.5) is 11.4 Å². The first kappa shape index (κ1) is 21.6. The Bertz CT molecular complexity index is 1210. The second-order valence-electron chi connectivity index (χ2n) is 8.12. The zero-order chi connectivity index (χ0) is 23.5. The van der Waals surface area contributed by atoms with E-state index in [4.69, 9.17) is 18.6 Å². The zero-order valence-corrected chi connectivity index (χ0v) is 18.2. The highest BCUT2D eigenvalue weighted by Gasteiger charge is 2.44. The molecule has 174 valence electrons. The van der Waals surface area contributed by atoms with Gasteiger partial charge in [0.25, 0.3) is 17.6 Å². The van der Waals surface area contributed by atoms with Crippen LogP contribution in [0.25, 0.3) is 0 Å². The van der Waals surface area contributed by atoms with Crippen LogP contribution in [-0.2, 0) is 9.53 Å². The lowest BCUT2D eigenvalue weighted by atomic mass is 10.2. The molecule has 2 amide bonds. The van der Waals surface area contributed by atoms with Crippen LogP contribution in [0, 0.1) is 0 Å². The summed E-state index contributed by atoms with van der Waals surface area (Å²) in [5.74, 6) is -0.685. The molecule has 0 bridgehead atoms. The fourth-order valence-corrected chi connectivity index (χ4v) is 3.99. The van der Waals surface area contributed by atoms with Gasteiger partial charge in [0, 0.05) is 30.3 Å². The predicted molar refractivity (Wildman–Crippen MR) is 121 cm³/mol. The van der Waals surface area contributed by atoms with Crippen molar-refractivity contribution in [1.29, 1.82) is 0 Å². The van der Waals surface area contributed by atoms with Crippen molar-refractivity contribution in [3.8, 4) is 11.5 Å². The Morgan fingerprint density at radius 1 is 0.882 bits per heavy atom. The number of amides is 2. The Morgan fingerprint density at radius 3 is 2.35 bits per heavy atom. The minimum absolute atomic E-state index is 0.176. The normalized spacial score (nSPS) is 15.2. The molecular weight excluding hydrogens is 440 g/mol. The second-order valence-corrected chi connectivity index (χ2v) is 8.12. The SMILES string of the molecule is O=C(COC(=O)c1ccc(NC(=O)c2ccco2)cc1)Nc1ccc2c(c1)OC1(CCCC1)O2. The standard InChI is InChI=1S/C25H22N2O7/c28-22(26-18-9-10-19-21(14-18)34-25(33-19)11-1-2-12-25)15-32-24(30)16-5-7-17(8-6-16)27-23(29)20-4-3-13-31-20/h3-10,13-14H,1-2,11-12,15H2,(H,26,28)(H,27,29). The van der Waals surface area contributed by atoms with Crippen LogP contribution in [0.5, 0.6) is 11.5 Å². The number of fused-ring (bicyclic) bond motifs is 1. The van der Waals surface area contributed by atoms with E-state index in [0.717, 1.165) is 25.7 Å². The molecule has 5 rings (SSSR count). The molecule has 2 aliphatic rings. The molecule has 34 heavy (non-hydrogen) atoms. The minimum atomic E-state index is -0.659. The van der Waals surface area contributed by atoms with Crippen LogP contribution in [-0.4, -0.2) is 30.2 Å². The van der Waals surface area contributed by atoms with E-state index in [2.05, 4.69) is 10.6 Å². The summed E-state index contributed by atoms with van der Waals surface area (Å²) in [6, 6.07) is 14.4. The van der Waals surface area contributed by atoms with E-state index in [9.17, 15) is 14.4 Å². The highest BCUT2D eigenvalue weighted by atomic mass is 16.7. The van der Waals surface area contributed by atoms with E-state index in [-0.39, 0.29) is 11.3 Å². The number of hydrogen-bond donors (Lipinski definition) is 2. The Balaban J connectivity index is 1.11. The lowest BCUT2D eigenvalue weighted by Gasteiger charge is -2.21. The number of hydrogen-bond acceptors (Lipinski definition) is 7. The van der Waals surface area contributed by atoms with Crippen molar-refractivity contribution in [3.63, 3.8) is 0 Å². The molecule has 3 aromatic rings. The van der Waals surface area contributed by atoms with Gasteiger partial charge in [0.1, 0.15) is 0 Å². The third kappa shape index (κ3) is 4.59. The summed E-state index contributed by atoms with van der Waals surface area (Å²) >= 11 is 0. The number of carbonyl (C=O) groups excluding carboxylic acids is 3. The Hall–Kier alpha value is -4.27. The summed E-state index contributed by atoms with van der Waals surface area (Å²) in [4.78, 5) is 36.5. The van der Waals surface area contributed by atoms with E-state index in [0.29, 0.717) is 22.9 Å². The average Bonchev–Trinajstić information content (AvgIpc) is 3.59. The van der Waals surface area contributed by atoms with Gasteiger partial charge in [0.05, 0.1) is 11.8 Å². The van der Waals surface area contributed by atoms with Crippen molar-refractivity contribution < 1.29 is 33.0 Å². The van der Waals surface area contributed by atoms with Crippen LogP contribution < -0.4 is 20.1 Å². The lowest BCUT2D eigenvalue weighted by Crippen LogP contribution is -2.34. The van der Waals surface area contributed by atoms with Gasteiger partial charge >= 0.3 is 5.97 Å². The number of anilines is 2. The van der Waals surface area contributed by atoms with Crippen LogP contribution in [0.2, 0.25) is 0 Å². The average molecular weight is 462 g/mol. The van der Waals surface area contributed by atoms with Crippen LogP contribution in [0.1, 0.15) is 46.6 Å². The number of benzene rings is 2. The molecule has 0 saturated heterocycles. The van der Waals surface area contributed by atoms with E-state index in [1.807, 2.05) is 0 Å². The third-order valence-electron chi connectivity index (χ3n) is 5.64. The first-order chi connectivity index (χ1) is 16.5. The summed E-state index contributed by atoms with van der Waals surface area (Å²) in [7, 11) is 0. The fraction of sp³-hybridized carbons (Fsp3) is 0.240. The van der Waals surface area contributed by atoms with Gasteiger partial charge in [0.2, 0.25) is 0 Å². The maximum Gasteiger partial charge on any atom is 0.338 e. The highest BCUT2D eigenvalue weighted by molar-refractivity contribution is 6.02. The number of furan rings is 1. The molecule has 0 atom stereocenters. The first-order valence-corrected chi connectivity index (χ1v) is 10.9. The van der Waals surface area contributed by atoms with Crippen molar-refractivity contribution >= 4 is 29.2 Å². The van der Waals surface area contributed by atoms with Crippen molar-refractivity contribution in [2.24, 2.45) is 0 Å². The predicted octanol–water partition coefficient (Wildman–Crippen LogP) is 4.37. The maximum atomic E-state index is 12.3. The van der Waals surface area contributed by atoms with Crippen molar-refractivity contribution in [3.05, 3.63) is 72.2 Å². The molecule has 1 saturated carbocycles. The second kappa shape index (κ2) is 8.93. The van der Waals surface area contributed by atoms with Gasteiger partial charge in [-0.1, -0.05) is 0 Å². The number of rotatable bonds is 6. The molecule has 0 unspecified atom stereocenters. The van der Waals surface area contributed by atoms with Crippen LogP contribution >= 0.6 is 0 Å². The number of carbonyl (C=O) groups is 3. The first-order valence-electron chi connectivity index (χ1n) is 10.9. The van der Waals surface area contributed by atoms with Gasteiger partial charge in [0.15, 0.2) is 23.9 Å². The molecule has 1 aliphatic heterocycles. The molecule has 1 fully saturated rings. The van der Waals surface area contributed by atoms with Crippen LogP contribution in [0.3, 0.4) is 0 Å². The Labute approximate surface area is 195 Å². The Kier molecular flexibility index (Phi) is 5.67. The van der Waals surface area contributed by atoms with Gasteiger partial charge in [-0.25, -0.2) is 4.79 Å². The molecule has 0 radical (unpaired) electrons. The number of ether oxygens (including phenoxy) is 3. The summed E-state index contributed by atoms with van der Waals surface area (Å²) in [5, 5.41) is 5.35. The van der Waals surface area contributed by atoms with Crippen molar-refractivity contribution in [2.45, 2.75) is 31.5 Å². The van der Waals surface area contributed by atoms with Gasteiger partial charge in [-0.05, 0) is 61.4 Å². The molecule has 1 aromatic heterocycles. The fourth-order valence-electron chi connectivity index (χ4n) is 3.99. The van der Waals surface area contributed by atoms with Gasteiger partial charge in [-0.15, -0.1) is 0 Å². The molecule has 1 aliphatic carbocycles. The van der Waals surface area contributed by atoms with E-state index < -0.39 is 30.2 Å². The zero-order valence-electron chi connectivity index (χ0n) is 18.2. The van der Waals surface area contributed by atoms with Gasteiger partial charge in [-0.3, -0.25) is 9.59 Å². The molecule has 9 nitrogen and oxygen atoms in total. The monoisotopic (exact) mass is 462 g/mol. The number of esters is 1. The summed E-state index contributed by atoms with van der Waals surface area (Å²) < 4.78 is 22.1. The smallest absolute Gasteiger partial charge is 0.338 e. The van der Waals surface area contributed by atoms with Crippen molar-refractivity contribution in [1.82, 2.24) is 0 Å². The molecule has 2 aromatic carbocycles. The summed E-state index contributed by atoms with van der Waals surface area (Å²) in [6.07, 6.45) is 5.21. The quantitative estimate of drug-likeness (QED) is 0.523. The van der Waals surface area contributed by atoms with Crippen molar-refractivity contribution in [2.75, 3.05) is 17.2 Å². The maximum absolute atomic E-state index is 12.3. The topological polar surface area (TPSA) is 116 Å². The molecule has 9 heteroatoms. The summed E-state index contributed by atoms with van der Waals surface area (Å²) in [5.41, 5.74) is 1.25. The molecular formula is C25H22N2O7. The van der Waals surface area contributed by atoms with Gasteiger partial charge in [-0.2, -0.15) is 0 Å². The van der Waals surface area contributed by atoms with E-state index >= 15 is 0 Å². The third-order valence-corrected chi connectivity index (χ3v) is 5.64. The van der Waals surface area contributed by atoms with Crippen LogP contribution in [0.15, 0.2) is 65.3 Å². The minimum Gasteiger partial charge on any atom is -0.459 e. The number of nitrogens with one attached hydrogen (secondary N) is 2. The van der Waals surface area contributed by atoms with E-state index in [1.165, 1.54) is 18.4 Å². The molecule has 1 spiro atoms. The molecule has 2 N–H and O–H groups in total. The largest absolute Gasteiger partial charge is 0.459 e. The summed E-state index contributed by atoms with van der Waals surface area (Å²) in [6.45, 7) is -0.450. The van der Waals surface area contributed by atoms with Gasteiger partial charge < -0.3 is 29.3 Å². The van der Waals surface area contributed by atoms with E-state index in [1.54, 1.807) is 42.5 Å². The molecule has 2 heterocycles.